The second-order valence-electron chi connectivity index (χ2n) is 9.54. The first-order valence-electron chi connectivity index (χ1n) is 13.4. The SMILES string of the molecule is O=C(Cn1cc(COc2ccccc2OCc2cn(CC(=O)Nc3ccc([N+](=O)[O-])cc3)nn2)nn1)Nc1ccc([N+](=O)[O-])cc1. The van der Waals surface area contributed by atoms with Crippen LogP contribution in [0.5, 0.6) is 11.5 Å². The van der Waals surface area contributed by atoms with E-state index in [1.54, 1.807) is 36.7 Å². The van der Waals surface area contributed by atoms with Crippen molar-refractivity contribution >= 4 is 34.6 Å². The minimum absolute atomic E-state index is 0.0321. The molecule has 0 fully saturated rings. The first-order valence-corrected chi connectivity index (χ1v) is 13.4. The average Bonchev–Trinajstić information content (AvgIpc) is 3.68. The van der Waals surface area contributed by atoms with Crippen LogP contribution in [0.25, 0.3) is 0 Å². The van der Waals surface area contributed by atoms with Gasteiger partial charge in [-0.3, -0.25) is 29.8 Å². The van der Waals surface area contributed by atoms with E-state index in [4.69, 9.17) is 9.47 Å². The lowest BCUT2D eigenvalue weighted by Crippen LogP contribution is -2.19. The summed E-state index contributed by atoms with van der Waals surface area (Å²) in [5.41, 5.74) is 1.55. The number of ether oxygens (including phenoxy) is 2. The number of amides is 2. The number of nitro benzene ring substituents is 2. The quantitative estimate of drug-likeness (QED) is 0.134. The number of hydrogen-bond acceptors (Lipinski definition) is 12. The summed E-state index contributed by atoms with van der Waals surface area (Å²) in [4.78, 5) is 45.2. The van der Waals surface area contributed by atoms with Crippen LogP contribution in [-0.2, 0) is 35.9 Å². The molecule has 0 unspecified atom stereocenters. The van der Waals surface area contributed by atoms with Gasteiger partial charge in [-0.2, -0.15) is 0 Å². The van der Waals surface area contributed by atoms with Gasteiger partial charge in [-0.1, -0.05) is 22.6 Å². The molecule has 5 aromatic rings. The Labute approximate surface area is 258 Å². The molecule has 0 radical (unpaired) electrons. The van der Waals surface area contributed by atoms with Gasteiger partial charge in [0.1, 0.15) is 37.7 Å². The van der Waals surface area contributed by atoms with E-state index in [1.165, 1.54) is 57.9 Å². The predicted octanol–water partition coefficient (Wildman–Crippen LogP) is 3.12. The molecule has 0 aliphatic carbocycles. The van der Waals surface area contributed by atoms with Gasteiger partial charge < -0.3 is 20.1 Å². The molecule has 18 nitrogen and oxygen atoms in total. The molecule has 2 heterocycles. The van der Waals surface area contributed by atoms with Gasteiger partial charge in [0.15, 0.2) is 11.5 Å². The molecule has 46 heavy (non-hydrogen) atoms. The smallest absolute Gasteiger partial charge is 0.269 e. The second kappa shape index (κ2) is 14.2. The molecule has 0 saturated carbocycles. The lowest BCUT2D eigenvalue weighted by Gasteiger charge is -2.11. The number of hydrogen-bond donors (Lipinski definition) is 2. The van der Waals surface area contributed by atoms with Crippen molar-refractivity contribution in [2.24, 2.45) is 0 Å². The fourth-order valence-corrected chi connectivity index (χ4v) is 3.98. The van der Waals surface area contributed by atoms with Crippen LogP contribution in [0.3, 0.4) is 0 Å². The largest absolute Gasteiger partial charge is 0.483 e. The van der Waals surface area contributed by atoms with Crippen molar-refractivity contribution in [2.75, 3.05) is 10.6 Å². The molecular formula is C28H24N10O8. The molecule has 234 valence electrons. The first kappa shape index (κ1) is 30.7. The number of nitro groups is 2. The number of carbonyl (C=O) groups is 2. The summed E-state index contributed by atoms with van der Waals surface area (Å²) in [6.45, 7) is -0.207. The molecule has 0 aliphatic rings. The minimum Gasteiger partial charge on any atom is -0.483 e. The van der Waals surface area contributed by atoms with E-state index < -0.39 is 21.7 Å². The first-order chi connectivity index (χ1) is 22.2. The highest BCUT2D eigenvalue weighted by Crippen LogP contribution is 2.28. The van der Waals surface area contributed by atoms with Crippen molar-refractivity contribution in [3.8, 4) is 11.5 Å². The Kier molecular flexibility index (Phi) is 9.46. The van der Waals surface area contributed by atoms with Crippen molar-refractivity contribution in [2.45, 2.75) is 26.3 Å². The molecule has 3 aromatic carbocycles. The predicted molar refractivity (Wildman–Crippen MR) is 159 cm³/mol. The summed E-state index contributed by atoms with van der Waals surface area (Å²) in [5.74, 6) is 0.0460. The molecule has 0 bridgehead atoms. The Hall–Kier alpha value is -6.72. The number of carbonyl (C=O) groups excluding carboxylic acids is 2. The Morgan fingerprint density at radius 2 is 1.04 bits per heavy atom. The third-order valence-electron chi connectivity index (χ3n) is 6.11. The number of nitrogens with zero attached hydrogens (tertiary/aromatic N) is 8. The lowest BCUT2D eigenvalue weighted by atomic mass is 10.3. The van der Waals surface area contributed by atoms with E-state index in [-0.39, 0.29) is 37.7 Å². The lowest BCUT2D eigenvalue weighted by molar-refractivity contribution is -0.385. The highest BCUT2D eigenvalue weighted by molar-refractivity contribution is 5.91. The van der Waals surface area contributed by atoms with Gasteiger partial charge in [-0.25, -0.2) is 9.36 Å². The molecule has 2 amide bonds. The molecule has 0 saturated heterocycles. The number of aromatic nitrogens is 6. The highest BCUT2D eigenvalue weighted by Gasteiger charge is 2.13. The Morgan fingerprint density at radius 3 is 1.41 bits per heavy atom. The molecular weight excluding hydrogens is 604 g/mol. The van der Waals surface area contributed by atoms with Gasteiger partial charge in [0.2, 0.25) is 11.8 Å². The van der Waals surface area contributed by atoms with Crippen LogP contribution in [0.4, 0.5) is 22.7 Å². The van der Waals surface area contributed by atoms with Crippen LogP contribution in [0.1, 0.15) is 11.4 Å². The number of non-ortho nitro benzene ring substituents is 2. The summed E-state index contributed by atoms with van der Waals surface area (Å²) < 4.78 is 14.4. The zero-order valence-electron chi connectivity index (χ0n) is 23.8. The van der Waals surface area contributed by atoms with E-state index in [2.05, 4.69) is 31.3 Å². The van der Waals surface area contributed by atoms with Crippen LogP contribution in [0.15, 0.2) is 85.2 Å². The zero-order valence-corrected chi connectivity index (χ0v) is 23.8. The van der Waals surface area contributed by atoms with Crippen LogP contribution in [-0.4, -0.2) is 51.6 Å². The minimum atomic E-state index is -0.526. The second-order valence-corrected chi connectivity index (χ2v) is 9.54. The number of rotatable bonds is 14. The molecule has 0 spiro atoms. The van der Waals surface area contributed by atoms with Crippen LogP contribution < -0.4 is 20.1 Å². The van der Waals surface area contributed by atoms with E-state index in [1.807, 2.05) is 0 Å². The number of para-hydroxylation sites is 2. The standard InChI is InChI=1S/C28H24N10O8/c39-27(29-19-5-9-23(10-6-19)37(41)42)15-35-13-21(31-33-35)17-45-25-3-1-2-4-26(25)46-18-22-14-36(34-32-22)16-28(40)30-20-7-11-24(12-8-20)38(43)44/h1-14H,15-18H2,(H,29,39)(H,30,40). The number of anilines is 2. The third kappa shape index (κ3) is 8.43. The number of benzene rings is 3. The normalized spacial score (nSPS) is 10.6. The molecule has 0 aliphatic heterocycles. The molecule has 18 heteroatoms. The van der Waals surface area contributed by atoms with Crippen LogP contribution >= 0.6 is 0 Å². The summed E-state index contributed by atoms with van der Waals surface area (Å²) in [6, 6.07) is 17.8. The van der Waals surface area contributed by atoms with Gasteiger partial charge in [-0.05, 0) is 36.4 Å². The summed E-state index contributed by atoms with van der Waals surface area (Å²) >= 11 is 0. The Bertz CT molecular complexity index is 1720. The van der Waals surface area contributed by atoms with Crippen LogP contribution in [0.2, 0.25) is 0 Å². The average molecular weight is 629 g/mol. The van der Waals surface area contributed by atoms with Gasteiger partial charge in [-0.15, -0.1) is 10.2 Å². The fraction of sp³-hybridized carbons (Fsp3) is 0.143. The van der Waals surface area contributed by atoms with E-state index in [0.717, 1.165) is 0 Å². The van der Waals surface area contributed by atoms with E-state index >= 15 is 0 Å². The maximum Gasteiger partial charge on any atom is 0.269 e. The molecule has 2 aromatic heterocycles. The fourth-order valence-electron chi connectivity index (χ4n) is 3.98. The van der Waals surface area contributed by atoms with Crippen molar-refractivity contribution < 1.29 is 28.9 Å². The summed E-state index contributed by atoms with van der Waals surface area (Å²) in [5, 5.41) is 42.7. The topological polar surface area (TPSA) is 224 Å². The summed E-state index contributed by atoms with van der Waals surface area (Å²) in [7, 11) is 0. The van der Waals surface area contributed by atoms with Gasteiger partial charge in [0.05, 0.1) is 22.2 Å². The van der Waals surface area contributed by atoms with Crippen molar-refractivity contribution in [3.63, 3.8) is 0 Å². The third-order valence-corrected chi connectivity index (χ3v) is 6.11. The molecule has 2 N–H and O–H groups in total. The Balaban J connectivity index is 1.08. The van der Waals surface area contributed by atoms with Crippen molar-refractivity contribution in [3.05, 3.63) is 117 Å². The van der Waals surface area contributed by atoms with Crippen LogP contribution in [0, 0.1) is 20.2 Å². The van der Waals surface area contributed by atoms with Gasteiger partial charge in [0, 0.05) is 35.6 Å². The highest BCUT2D eigenvalue weighted by atomic mass is 16.6. The Morgan fingerprint density at radius 1 is 0.652 bits per heavy atom. The van der Waals surface area contributed by atoms with E-state index in [9.17, 15) is 29.8 Å². The van der Waals surface area contributed by atoms with Gasteiger partial charge >= 0.3 is 0 Å². The molecule has 0 atom stereocenters. The van der Waals surface area contributed by atoms with Crippen molar-refractivity contribution in [1.82, 2.24) is 30.0 Å². The number of nitrogens with one attached hydrogen (secondary N) is 2. The zero-order chi connectivity index (χ0) is 32.5. The maximum absolute atomic E-state index is 12.3. The van der Waals surface area contributed by atoms with Gasteiger partial charge in [0.25, 0.3) is 11.4 Å². The van der Waals surface area contributed by atoms with Crippen molar-refractivity contribution in [1.29, 1.82) is 0 Å². The summed E-state index contributed by atoms with van der Waals surface area (Å²) in [6.07, 6.45) is 3.10. The van der Waals surface area contributed by atoms with E-state index in [0.29, 0.717) is 34.3 Å². The maximum atomic E-state index is 12.3. The monoisotopic (exact) mass is 628 g/mol. The molecule has 5 rings (SSSR count).